The van der Waals surface area contributed by atoms with E-state index in [-0.39, 0.29) is 18.3 Å². The minimum Gasteiger partial charge on any atom is -0.490 e. The Morgan fingerprint density at radius 1 is 1.19 bits per heavy atom. The third-order valence-corrected chi connectivity index (χ3v) is 5.54. The van der Waals surface area contributed by atoms with Gasteiger partial charge >= 0.3 is 5.97 Å². The molecule has 0 bridgehead atoms. The summed E-state index contributed by atoms with van der Waals surface area (Å²) in [5.74, 6) is 1.49. The monoisotopic (exact) mass is 403 g/mol. The van der Waals surface area contributed by atoms with E-state index in [4.69, 9.17) is 9.47 Å². The number of thioether (sulfide) groups is 1. The molecule has 3 rings (SSSR count). The van der Waals surface area contributed by atoms with E-state index in [0.29, 0.717) is 11.8 Å². The quantitative estimate of drug-likeness (QED) is 0.305. The number of hydrogen-bond acceptors (Lipinski definition) is 7. The van der Waals surface area contributed by atoms with Crippen LogP contribution in [0.4, 0.5) is 0 Å². The Kier molecular flexibility index (Phi) is 6.89. The van der Waals surface area contributed by atoms with Crippen molar-refractivity contribution in [3.63, 3.8) is 0 Å². The highest BCUT2D eigenvalue weighted by molar-refractivity contribution is 7.99. The number of thiophene rings is 1. The molecule has 0 radical (unpaired) electrons. The Labute approximate surface area is 166 Å². The molecule has 0 saturated carbocycles. The van der Waals surface area contributed by atoms with Gasteiger partial charge in [0, 0.05) is 6.54 Å². The maximum atomic E-state index is 12.0. The zero-order valence-electron chi connectivity index (χ0n) is 15.3. The van der Waals surface area contributed by atoms with Gasteiger partial charge in [0.05, 0.1) is 10.6 Å². The second kappa shape index (κ2) is 9.57. The molecular weight excluding hydrogens is 382 g/mol. The van der Waals surface area contributed by atoms with Crippen LogP contribution in [-0.2, 0) is 16.1 Å². The number of rotatable bonds is 9. The molecule has 0 fully saturated rings. The van der Waals surface area contributed by atoms with Crippen molar-refractivity contribution in [2.45, 2.75) is 25.5 Å². The fourth-order valence-corrected chi connectivity index (χ4v) is 3.90. The summed E-state index contributed by atoms with van der Waals surface area (Å²) in [5, 5.41) is 11.2. The summed E-state index contributed by atoms with van der Waals surface area (Å²) in [6.07, 6.45) is 0. The molecule has 2 aromatic heterocycles. The van der Waals surface area contributed by atoms with Gasteiger partial charge in [0.25, 0.3) is 0 Å². The largest absolute Gasteiger partial charge is 0.490 e. The van der Waals surface area contributed by atoms with E-state index in [9.17, 15) is 4.79 Å². The van der Waals surface area contributed by atoms with E-state index in [1.165, 1.54) is 17.3 Å². The summed E-state index contributed by atoms with van der Waals surface area (Å²) in [7, 11) is 0. The van der Waals surface area contributed by atoms with Gasteiger partial charge in [-0.3, -0.25) is 4.79 Å². The van der Waals surface area contributed by atoms with Crippen LogP contribution in [0.5, 0.6) is 5.75 Å². The fraction of sp³-hybridized carbons (Fsp3) is 0.316. The van der Waals surface area contributed by atoms with Crippen molar-refractivity contribution < 1.29 is 14.3 Å². The number of carbonyl (C=O) groups excluding carboxylic acids is 1. The zero-order chi connectivity index (χ0) is 19.1. The lowest BCUT2D eigenvalue weighted by molar-refractivity contribution is -0.141. The average molecular weight is 404 g/mol. The number of carbonyl (C=O) groups is 1. The lowest BCUT2D eigenvalue weighted by Crippen LogP contribution is -2.14. The SMILES string of the molecule is CCn1c(SCC(=O)OCCOc2ccc(C)cc2)nnc1-c1cccs1. The molecule has 0 aliphatic heterocycles. The van der Waals surface area contributed by atoms with E-state index in [1.54, 1.807) is 11.3 Å². The van der Waals surface area contributed by atoms with Gasteiger partial charge in [0.15, 0.2) is 11.0 Å². The molecule has 6 nitrogen and oxygen atoms in total. The zero-order valence-corrected chi connectivity index (χ0v) is 16.9. The number of aryl methyl sites for hydroxylation is 1. The van der Waals surface area contributed by atoms with Gasteiger partial charge in [-0.15, -0.1) is 21.5 Å². The van der Waals surface area contributed by atoms with Crippen molar-refractivity contribution in [1.82, 2.24) is 14.8 Å². The number of hydrogen-bond donors (Lipinski definition) is 0. The van der Waals surface area contributed by atoms with Crippen LogP contribution in [0.2, 0.25) is 0 Å². The first-order chi connectivity index (χ1) is 13.2. The maximum absolute atomic E-state index is 12.0. The summed E-state index contributed by atoms with van der Waals surface area (Å²) >= 11 is 2.95. The Balaban J connectivity index is 1.43. The lowest BCUT2D eigenvalue weighted by Gasteiger charge is -2.08. The Morgan fingerprint density at radius 3 is 2.70 bits per heavy atom. The highest BCUT2D eigenvalue weighted by Gasteiger charge is 2.15. The van der Waals surface area contributed by atoms with E-state index < -0.39 is 0 Å². The first kappa shape index (κ1) is 19.4. The van der Waals surface area contributed by atoms with Crippen molar-refractivity contribution in [3.8, 4) is 16.5 Å². The summed E-state index contributed by atoms with van der Waals surface area (Å²) in [4.78, 5) is 13.0. The predicted molar refractivity (Wildman–Crippen MR) is 107 cm³/mol. The van der Waals surface area contributed by atoms with Crippen LogP contribution in [-0.4, -0.2) is 39.7 Å². The highest BCUT2D eigenvalue weighted by atomic mass is 32.2. The van der Waals surface area contributed by atoms with Crippen LogP contribution in [0, 0.1) is 6.92 Å². The van der Waals surface area contributed by atoms with Gasteiger partial charge in [0.1, 0.15) is 19.0 Å². The molecule has 0 spiro atoms. The Bertz CT molecular complexity index is 861. The van der Waals surface area contributed by atoms with Gasteiger partial charge in [-0.05, 0) is 37.4 Å². The Hall–Kier alpha value is -2.32. The molecule has 1 aromatic carbocycles. The molecule has 0 saturated heterocycles. The van der Waals surface area contributed by atoms with Crippen molar-refractivity contribution >= 4 is 29.1 Å². The fourth-order valence-electron chi connectivity index (χ4n) is 2.38. The maximum Gasteiger partial charge on any atom is 0.316 e. The Morgan fingerprint density at radius 2 is 2.00 bits per heavy atom. The van der Waals surface area contributed by atoms with Crippen molar-refractivity contribution in [3.05, 3.63) is 47.3 Å². The molecule has 27 heavy (non-hydrogen) atoms. The molecule has 0 aliphatic carbocycles. The van der Waals surface area contributed by atoms with Crippen LogP contribution in [0.15, 0.2) is 46.9 Å². The third-order valence-electron chi connectivity index (χ3n) is 3.73. The summed E-state index contributed by atoms with van der Waals surface area (Å²) in [6.45, 7) is 5.33. The first-order valence-corrected chi connectivity index (χ1v) is 10.5. The van der Waals surface area contributed by atoms with Crippen molar-refractivity contribution in [1.29, 1.82) is 0 Å². The number of ether oxygens (including phenoxy) is 2. The lowest BCUT2D eigenvalue weighted by atomic mass is 10.2. The molecule has 3 aromatic rings. The van der Waals surface area contributed by atoms with E-state index >= 15 is 0 Å². The van der Waals surface area contributed by atoms with E-state index in [2.05, 4.69) is 10.2 Å². The topological polar surface area (TPSA) is 66.2 Å². The van der Waals surface area contributed by atoms with Gasteiger partial charge in [-0.25, -0.2) is 0 Å². The number of aromatic nitrogens is 3. The molecule has 8 heteroatoms. The molecular formula is C19H21N3O3S2. The second-order valence-corrected chi connectivity index (χ2v) is 7.59. The van der Waals surface area contributed by atoms with Gasteiger partial charge in [-0.2, -0.15) is 0 Å². The number of benzene rings is 1. The van der Waals surface area contributed by atoms with E-state index in [0.717, 1.165) is 23.0 Å². The number of esters is 1. The number of nitrogens with zero attached hydrogens (tertiary/aromatic N) is 3. The smallest absolute Gasteiger partial charge is 0.316 e. The molecule has 0 atom stereocenters. The minimum absolute atomic E-state index is 0.188. The van der Waals surface area contributed by atoms with Crippen LogP contribution < -0.4 is 4.74 Å². The average Bonchev–Trinajstić information content (AvgIpc) is 3.34. The van der Waals surface area contributed by atoms with Crippen LogP contribution in [0.25, 0.3) is 10.7 Å². The summed E-state index contributed by atoms with van der Waals surface area (Å²) in [6, 6.07) is 11.7. The van der Waals surface area contributed by atoms with Gasteiger partial charge < -0.3 is 14.0 Å². The minimum atomic E-state index is -0.296. The molecule has 0 aliphatic rings. The summed E-state index contributed by atoms with van der Waals surface area (Å²) < 4.78 is 12.8. The van der Waals surface area contributed by atoms with Gasteiger partial charge in [-0.1, -0.05) is 35.5 Å². The standard InChI is InChI=1S/C19H21N3O3S2/c1-3-22-18(16-5-4-12-26-16)20-21-19(22)27-13-17(23)25-11-10-24-15-8-6-14(2)7-9-15/h4-9,12H,3,10-11,13H2,1-2H3. The first-order valence-electron chi connectivity index (χ1n) is 8.62. The second-order valence-electron chi connectivity index (χ2n) is 5.70. The summed E-state index contributed by atoms with van der Waals surface area (Å²) in [5.41, 5.74) is 1.17. The van der Waals surface area contributed by atoms with E-state index in [1.807, 2.05) is 60.2 Å². The molecule has 0 N–H and O–H groups in total. The molecule has 0 amide bonds. The predicted octanol–water partition coefficient (Wildman–Crippen LogP) is 4.05. The third kappa shape index (κ3) is 5.33. The van der Waals surface area contributed by atoms with Crippen molar-refractivity contribution in [2.75, 3.05) is 19.0 Å². The van der Waals surface area contributed by atoms with Gasteiger partial charge in [0.2, 0.25) is 0 Å². The molecule has 0 unspecified atom stereocenters. The highest BCUT2D eigenvalue weighted by Crippen LogP contribution is 2.27. The molecule has 2 heterocycles. The van der Waals surface area contributed by atoms with Crippen LogP contribution in [0.3, 0.4) is 0 Å². The van der Waals surface area contributed by atoms with Crippen LogP contribution in [0.1, 0.15) is 12.5 Å². The van der Waals surface area contributed by atoms with Crippen molar-refractivity contribution in [2.24, 2.45) is 0 Å². The molecule has 142 valence electrons. The normalized spacial score (nSPS) is 10.7. The van der Waals surface area contributed by atoms with Crippen LogP contribution >= 0.6 is 23.1 Å².